The topological polar surface area (TPSA) is 123 Å². The molecule has 0 saturated carbocycles. The number of rotatable bonds is 6. The van der Waals surface area contributed by atoms with E-state index in [1.54, 1.807) is 20.8 Å². The van der Waals surface area contributed by atoms with Crippen molar-refractivity contribution in [2.45, 2.75) is 26.8 Å². The van der Waals surface area contributed by atoms with Gasteiger partial charge in [0.25, 0.3) is 0 Å². The third-order valence-electron chi connectivity index (χ3n) is 3.67. The smallest absolute Gasteiger partial charge is 0.338 e. The number of nitro groups is 1. The van der Waals surface area contributed by atoms with Crippen LogP contribution in [-0.4, -0.2) is 34.3 Å². The fourth-order valence-electron chi connectivity index (χ4n) is 2.61. The summed E-state index contributed by atoms with van der Waals surface area (Å²) in [4.78, 5) is 22.9. The van der Waals surface area contributed by atoms with Crippen LogP contribution in [0.3, 0.4) is 0 Å². The van der Waals surface area contributed by atoms with Gasteiger partial charge in [-0.05, 0) is 44.6 Å². The number of allylic oxidation sites excluding steroid dienone is 1. The van der Waals surface area contributed by atoms with E-state index in [9.17, 15) is 20.0 Å². The third-order valence-corrected chi connectivity index (χ3v) is 3.89. The van der Waals surface area contributed by atoms with Crippen molar-refractivity contribution < 1.29 is 24.3 Å². The molecule has 1 unspecified atom stereocenters. The van der Waals surface area contributed by atoms with Gasteiger partial charge in [0.1, 0.15) is 0 Å². The molecular weight excluding hydrogens is 362 g/mol. The number of ether oxygens (including phenoxy) is 2. The Kier molecular flexibility index (Phi) is 5.98. The number of thiocarbonyl (C=S) groups is 1. The summed E-state index contributed by atoms with van der Waals surface area (Å²) in [5.74, 6) is -1.20. The lowest BCUT2D eigenvalue weighted by Gasteiger charge is -2.30. The van der Waals surface area contributed by atoms with E-state index in [0.29, 0.717) is 11.3 Å². The average Bonchev–Trinajstić information content (AvgIpc) is 2.56. The zero-order valence-electron chi connectivity index (χ0n) is 14.5. The molecule has 1 aromatic carbocycles. The number of nitrogens with zero attached hydrogens (tertiary/aromatic N) is 1. The number of carbonyl (C=O) groups is 1. The van der Waals surface area contributed by atoms with E-state index < -0.39 is 28.4 Å². The lowest BCUT2D eigenvalue weighted by molar-refractivity contribution is -0.386. The molecule has 0 radical (unpaired) electrons. The minimum absolute atomic E-state index is 0.0520. The highest BCUT2D eigenvalue weighted by atomic mass is 32.1. The Morgan fingerprint density at radius 2 is 2.08 bits per heavy atom. The van der Waals surface area contributed by atoms with Gasteiger partial charge < -0.3 is 25.2 Å². The molecule has 140 valence electrons. The molecule has 0 aliphatic carbocycles. The Bertz CT molecular complexity index is 792. The molecule has 0 fully saturated rings. The summed E-state index contributed by atoms with van der Waals surface area (Å²) in [6, 6.07) is 1.82. The molecule has 3 N–H and O–H groups in total. The van der Waals surface area contributed by atoms with Crippen molar-refractivity contribution >= 4 is 29.0 Å². The second kappa shape index (κ2) is 8.00. The van der Waals surface area contributed by atoms with Gasteiger partial charge in [-0.15, -0.1) is 0 Å². The van der Waals surface area contributed by atoms with Crippen molar-refractivity contribution in [3.8, 4) is 11.5 Å². The molecule has 0 saturated heterocycles. The number of benzene rings is 1. The van der Waals surface area contributed by atoms with Gasteiger partial charge in [0.2, 0.25) is 5.75 Å². The van der Waals surface area contributed by atoms with Gasteiger partial charge in [-0.1, -0.05) is 0 Å². The highest BCUT2D eigenvalue weighted by Crippen LogP contribution is 2.40. The third kappa shape index (κ3) is 3.85. The van der Waals surface area contributed by atoms with Crippen molar-refractivity contribution in [3.63, 3.8) is 0 Å². The maximum atomic E-state index is 12.4. The lowest BCUT2D eigenvalue weighted by Crippen LogP contribution is -2.45. The Labute approximate surface area is 155 Å². The molecule has 26 heavy (non-hydrogen) atoms. The van der Waals surface area contributed by atoms with Crippen LogP contribution in [0.25, 0.3) is 0 Å². The monoisotopic (exact) mass is 381 g/mol. The van der Waals surface area contributed by atoms with E-state index in [1.165, 1.54) is 12.1 Å². The first kappa shape index (κ1) is 19.4. The number of aromatic hydroxyl groups is 1. The highest BCUT2D eigenvalue weighted by Gasteiger charge is 2.33. The van der Waals surface area contributed by atoms with Crippen LogP contribution in [0.2, 0.25) is 0 Å². The van der Waals surface area contributed by atoms with Crippen LogP contribution in [-0.2, 0) is 9.53 Å². The summed E-state index contributed by atoms with van der Waals surface area (Å²) in [7, 11) is 0. The number of carbonyl (C=O) groups excluding carboxylic acids is 1. The summed E-state index contributed by atoms with van der Waals surface area (Å²) in [6.07, 6.45) is 0. The van der Waals surface area contributed by atoms with Gasteiger partial charge >= 0.3 is 11.7 Å². The molecule has 1 aliphatic rings. The minimum atomic E-state index is -0.790. The fraction of sp³-hybridized carbons (Fsp3) is 0.375. The van der Waals surface area contributed by atoms with Crippen LogP contribution >= 0.6 is 12.2 Å². The van der Waals surface area contributed by atoms with E-state index in [2.05, 4.69) is 10.6 Å². The van der Waals surface area contributed by atoms with E-state index in [0.717, 1.165) is 0 Å². The van der Waals surface area contributed by atoms with Crippen molar-refractivity contribution in [2.24, 2.45) is 0 Å². The van der Waals surface area contributed by atoms with Gasteiger partial charge in [-0.2, -0.15) is 0 Å². The molecule has 1 heterocycles. The first-order valence-corrected chi connectivity index (χ1v) is 8.30. The molecule has 1 aliphatic heterocycles. The number of esters is 1. The summed E-state index contributed by atoms with van der Waals surface area (Å²) in [6.45, 7) is 5.39. The molecular formula is C16H19N3O6S. The van der Waals surface area contributed by atoms with Gasteiger partial charge in [0.05, 0.1) is 29.8 Å². The van der Waals surface area contributed by atoms with E-state index in [4.69, 9.17) is 21.7 Å². The molecule has 0 aromatic heterocycles. The number of phenolic OH excluding ortho intramolecular Hbond substituents is 1. The first-order chi connectivity index (χ1) is 12.3. The second-order valence-electron chi connectivity index (χ2n) is 5.37. The van der Waals surface area contributed by atoms with Crippen LogP contribution in [0, 0.1) is 10.1 Å². The van der Waals surface area contributed by atoms with Gasteiger partial charge in [-0.25, -0.2) is 4.79 Å². The quantitative estimate of drug-likeness (QED) is 0.294. The average molecular weight is 381 g/mol. The van der Waals surface area contributed by atoms with Crippen molar-refractivity contribution in [1.29, 1.82) is 0 Å². The molecule has 9 nitrogen and oxygen atoms in total. The Morgan fingerprint density at radius 1 is 1.38 bits per heavy atom. The molecule has 2 rings (SSSR count). The van der Waals surface area contributed by atoms with Gasteiger partial charge in [0.15, 0.2) is 10.9 Å². The molecule has 0 spiro atoms. The van der Waals surface area contributed by atoms with Crippen LogP contribution < -0.4 is 15.4 Å². The summed E-state index contributed by atoms with van der Waals surface area (Å²) < 4.78 is 10.4. The fourth-order valence-corrected chi connectivity index (χ4v) is 2.88. The largest absolute Gasteiger partial charge is 0.500 e. The number of nitrogens with one attached hydrogen (secondary N) is 2. The van der Waals surface area contributed by atoms with Crippen molar-refractivity contribution in [2.75, 3.05) is 13.2 Å². The van der Waals surface area contributed by atoms with Crippen molar-refractivity contribution in [1.82, 2.24) is 10.6 Å². The number of hydrogen-bond acceptors (Lipinski definition) is 7. The molecule has 10 heteroatoms. The zero-order chi connectivity index (χ0) is 19.4. The van der Waals surface area contributed by atoms with Gasteiger partial charge in [-0.3, -0.25) is 10.1 Å². The maximum Gasteiger partial charge on any atom is 0.338 e. The maximum absolute atomic E-state index is 12.4. The normalized spacial score (nSPS) is 16.6. The molecule has 1 atom stereocenters. The Morgan fingerprint density at radius 3 is 2.65 bits per heavy atom. The van der Waals surface area contributed by atoms with E-state index in [1.807, 2.05) is 0 Å². The SMILES string of the molecule is CCOC(=O)C1=C(C)NC(=S)NC1c1cc(OCC)c(O)c([N+](=O)[O-])c1. The number of nitro benzene ring substituents is 1. The second-order valence-corrected chi connectivity index (χ2v) is 5.78. The van der Waals surface area contributed by atoms with E-state index >= 15 is 0 Å². The van der Waals surface area contributed by atoms with E-state index in [-0.39, 0.29) is 29.6 Å². The Hall–Kier alpha value is -2.88. The van der Waals surface area contributed by atoms with Crippen LogP contribution in [0.15, 0.2) is 23.4 Å². The summed E-state index contributed by atoms with van der Waals surface area (Å²) in [5.41, 5.74) is 0.524. The molecule has 0 amide bonds. The van der Waals surface area contributed by atoms with Crippen LogP contribution in [0.4, 0.5) is 5.69 Å². The summed E-state index contributed by atoms with van der Waals surface area (Å²) >= 11 is 5.14. The van der Waals surface area contributed by atoms with Crippen molar-refractivity contribution in [3.05, 3.63) is 39.1 Å². The highest BCUT2D eigenvalue weighted by molar-refractivity contribution is 7.80. The van der Waals surface area contributed by atoms with Gasteiger partial charge in [0, 0.05) is 11.8 Å². The number of hydrogen-bond donors (Lipinski definition) is 3. The summed E-state index contributed by atoms with van der Waals surface area (Å²) in [5, 5.41) is 27.3. The van der Waals surface area contributed by atoms with Crippen LogP contribution in [0.5, 0.6) is 11.5 Å². The minimum Gasteiger partial charge on any atom is -0.500 e. The number of phenols is 1. The molecule has 0 bridgehead atoms. The zero-order valence-corrected chi connectivity index (χ0v) is 15.3. The first-order valence-electron chi connectivity index (χ1n) is 7.89. The Balaban J connectivity index is 2.62. The molecule has 1 aromatic rings. The predicted octanol–water partition coefficient (Wildman–Crippen LogP) is 2.05. The lowest BCUT2D eigenvalue weighted by atomic mass is 9.94. The van der Waals surface area contributed by atoms with Crippen LogP contribution in [0.1, 0.15) is 32.4 Å². The standard InChI is InChI=1S/C16H19N3O6S/c1-4-24-11-7-9(6-10(14(11)20)19(22)23)13-12(15(21)25-5-2)8(3)17-16(26)18-13/h6-7,13,20H,4-5H2,1-3H3,(H2,17,18,26). The predicted molar refractivity (Wildman–Crippen MR) is 96.9 cm³/mol.